The molecule has 1 rings (SSSR count). The second kappa shape index (κ2) is 4.35. The number of aliphatic hydroxyl groups excluding tert-OH is 1. The lowest BCUT2D eigenvalue weighted by molar-refractivity contribution is -0.139. The fourth-order valence-corrected chi connectivity index (χ4v) is 1.19. The van der Waals surface area contributed by atoms with Crippen LogP contribution in [0.15, 0.2) is 12.1 Å². The summed E-state index contributed by atoms with van der Waals surface area (Å²) in [6.07, 6.45) is -2.18. The number of rotatable bonds is 3. The second-order valence-corrected chi connectivity index (χ2v) is 3.24. The molecule has 1 aromatic carbocycles. The summed E-state index contributed by atoms with van der Waals surface area (Å²) < 4.78 is 26.2. The van der Waals surface area contributed by atoms with Crippen LogP contribution in [0.5, 0.6) is 0 Å². The third-order valence-electron chi connectivity index (χ3n) is 2.00. The van der Waals surface area contributed by atoms with Crippen LogP contribution in [-0.4, -0.2) is 16.2 Å². The van der Waals surface area contributed by atoms with E-state index in [2.05, 4.69) is 0 Å². The molecule has 0 fully saturated rings. The minimum absolute atomic E-state index is 0.110. The lowest BCUT2D eigenvalue weighted by Crippen LogP contribution is -2.08. The first-order valence-electron chi connectivity index (χ1n) is 4.27. The third kappa shape index (κ3) is 2.73. The number of aliphatic hydroxyl groups is 1. The molecule has 0 unspecified atom stereocenters. The van der Waals surface area contributed by atoms with Gasteiger partial charge in [-0.2, -0.15) is 0 Å². The largest absolute Gasteiger partial charge is 0.481 e. The van der Waals surface area contributed by atoms with Crippen LogP contribution in [0, 0.1) is 18.6 Å². The van der Waals surface area contributed by atoms with Gasteiger partial charge in [0.2, 0.25) is 0 Å². The molecule has 0 aromatic heterocycles. The van der Waals surface area contributed by atoms with Crippen LogP contribution >= 0.6 is 0 Å². The highest BCUT2D eigenvalue weighted by atomic mass is 19.1. The van der Waals surface area contributed by atoms with Gasteiger partial charge in [0.15, 0.2) is 0 Å². The van der Waals surface area contributed by atoms with E-state index in [1.165, 1.54) is 6.92 Å². The predicted octanol–water partition coefficient (Wildman–Crippen LogP) is 1.78. The van der Waals surface area contributed by atoms with Crippen molar-refractivity contribution in [3.8, 4) is 0 Å². The maximum Gasteiger partial charge on any atom is 0.306 e. The Balaban J connectivity index is 3.03. The normalized spacial score (nSPS) is 12.5. The molecular formula is C10H10F2O3. The van der Waals surface area contributed by atoms with Crippen molar-refractivity contribution in [1.82, 2.24) is 0 Å². The Kier molecular flexibility index (Phi) is 3.36. The summed E-state index contributed by atoms with van der Waals surface area (Å²) in [5.74, 6) is -2.75. The van der Waals surface area contributed by atoms with Gasteiger partial charge in [0, 0.05) is 5.56 Å². The monoisotopic (exact) mass is 216 g/mol. The smallest absolute Gasteiger partial charge is 0.306 e. The highest BCUT2D eigenvalue weighted by Crippen LogP contribution is 2.22. The first-order valence-corrected chi connectivity index (χ1v) is 4.27. The molecule has 0 aliphatic heterocycles. The Morgan fingerprint density at radius 3 is 2.53 bits per heavy atom. The summed E-state index contributed by atoms with van der Waals surface area (Å²) in [5.41, 5.74) is -0.223. The predicted molar refractivity (Wildman–Crippen MR) is 48.3 cm³/mol. The van der Waals surface area contributed by atoms with E-state index in [4.69, 9.17) is 5.11 Å². The minimum atomic E-state index is -1.53. The van der Waals surface area contributed by atoms with Crippen molar-refractivity contribution in [2.75, 3.05) is 0 Å². The number of carbonyl (C=O) groups is 1. The topological polar surface area (TPSA) is 57.5 Å². The van der Waals surface area contributed by atoms with Gasteiger partial charge in [-0.25, -0.2) is 8.78 Å². The zero-order valence-corrected chi connectivity index (χ0v) is 8.00. The van der Waals surface area contributed by atoms with Crippen molar-refractivity contribution in [3.05, 3.63) is 34.9 Å². The molecule has 2 N–H and O–H groups in total. The Morgan fingerprint density at radius 2 is 2.00 bits per heavy atom. The fraction of sp³-hybridized carbons (Fsp3) is 0.300. The molecular weight excluding hydrogens is 206 g/mol. The van der Waals surface area contributed by atoms with Crippen molar-refractivity contribution < 1.29 is 23.8 Å². The number of aryl methyl sites for hydroxylation is 1. The summed E-state index contributed by atoms with van der Waals surface area (Å²) in [4.78, 5) is 10.3. The Hall–Kier alpha value is -1.49. The van der Waals surface area contributed by atoms with E-state index < -0.39 is 30.1 Å². The van der Waals surface area contributed by atoms with Gasteiger partial charge in [-0.1, -0.05) is 0 Å². The first kappa shape index (κ1) is 11.6. The van der Waals surface area contributed by atoms with E-state index in [0.717, 1.165) is 12.1 Å². The van der Waals surface area contributed by atoms with E-state index in [9.17, 15) is 18.7 Å². The molecule has 0 spiro atoms. The maximum absolute atomic E-state index is 13.2. The molecule has 15 heavy (non-hydrogen) atoms. The fourth-order valence-electron chi connectivity index (χ4n) is 1.19. The average Bonchev–Trinajstić information content (AvgIpc) is 2.09. The second-order valence-electron chi connectivity index (χ2n) is 3.24. The molecule has 5 heteroatoms. The molecule has 3 nitrogen and oxygen atoms in total. The van der Waals surface area contributed by atoms with Crippen LogP contribution in [0.25, 0.3) is 0 Å². The zero-order chi connectivity index (χ0) is 11.6. The van der Waals surface area contributed by atoms with Crippen molar-refractivity contribution in [3.63, 3.8) is 0 Å². The van der Waals surface area contributed by atoms with Gasteiger partial charge in [-0.05, 0) is 24.6 Å². The van der Waals surface area contributed by atoms with Crippen LogP contribution in [0.2, 0.25) is 0 Å². The summed E-state index contributed by atoms with van der Waals surface area (Å²) in [6, 6.07) is 1.74. The number of benzene rings is 1. The van der Waals surface area contributed by atoms with Gasteiger partial charge in [-0.3, -0.25) is 4.79 Å². The maximum atomic E-state index is 13.2. The minimum Gasteiger partial charge on any atom is -0.481 e. The SMILES string of the molecule is Cc1cc(F)c([C@H](O)CC(=O)O)cc1F. The summed E-state index contributed by atoms with van der Waals surface area (Å²) in [6.45, 7) is 1.38. The molecule has 0 radical (unpaired) electrons. The first-order chi connectivity index (χ1) is 6.91. The Bertz CT molecular complexity index is 390. The third-order valence-corrected chi connectivity index (χ3v) is 2.00. The highest BCUT2D eigenvalue weighted by Gasteiger charge is 2.17. The molecule has 1 atom stereocenters. The van der Waals surface area contributed by atoms with Gasteiger partial charge in [0.1, 0.15) is 11.6 Å². The quantitative estimate of drug-likeness (QED) is 0.809. The van der Waals surface area contributed by atoms with Crippen molar-refractivity contribution >= 4 is 5.97 Å². The van der Waals surface area contributed by atoms with Crippen LogP contribution in [0.4, 0.5) is 8.78 Å². The van der Waals surface area contributed by atoms with Crippen LogP contribution in [-0.2, 0) is 4.79 Å². The molecule has 0 saturated heterocycles. The van der Waals surface area contributed by atoms with Crippen molar-refractivity contribution in [2.45, 2.75) is 19.4 Å². The number of aliphatic carboxylic acids is 1. The molecule has 0 aliphatic rings. The average molecular weight is 216 g/mol. The van der Waals surface area contributed by atoms with Gasteiger partial charge in [-0.15, -0.1) is 0 Å². The number of halogens is 2. The van der Waals surface area contributed by atoms with E-state index in [-0.39, 0.29) is 11.1 Å². The Morgan fingerprint density at radius 1 is 1.40 bits per heavy atom. The molecule has 82 valence electrons. The summed E-state index contributed by atoms with van der Waals surface area (Å²) >= 11 is 0. The molecule has 0 saturated carbocycles. The van der Waals surface area contributed by atoms with Crippen LogP contribution in [0.3, 0.4) is 0 Å². The van der Waals surface area contributed by atoms with E-state index in [1.807, 2.05) is 0 Å². The van der Waals surface area contributed by atoms with Gasteiger partial charge in [0.05, 0.1) is 12.5 Å². The Labute approximate surface area is 85.0 Å². The number of carboxylic acid groups (broad SMARTS) is 1. The molecule has 1 aromatic rings. The zero-order valence-electron chi connectivity index (χ0n) is 8.00. The van der Waals surface area contributed by atoms with Crippen LogP contribution < -0.4 is 0 Å². The summed E-state index contributed by atoms with van der Waals surface area (Å²) in [7, 11) is 0. The number of hydrogen-bond donors (Lipinski definition) is 2. The van der Waals surface area contributed by atoms with Gasteiger partial charge in [0.25, 0.3) is 0 Å². The van der Waals surface area contributed by atoms with E-state index in [0.29, 0.717) is 0 Å². The van der Waals surface area contributed by atoms with Gasteiger partial charge < -0.3 is 10.2 Å². The highest BCUT2D eigenvalue weighted by molar-refractivity contribution is 5.67. The molecule has 0 amide bonds. The van der Waals surface area contributed by atoms with E-state index in [1.54, 1.807) is 0 Å². The molecule has 0 aliphatic carbocycles. The number of hydrogen-bond acceptors (Lipinski definition) is 2. The number of carboxylic acids is 1. The lowest BCUT2D eigenvalue weighted by Gasteiger charge is -2.10. The van der Waals surface area contributed by atoms with Crippen molar-refractivity contribution in [2.24, 2.45) is 0 Å². The lowest BCUT2D eigenvalue weighted by atomic mass is 10.0. The van der Waals surface area contributed by atoms with Crippen molar-refractivity contribution in [1.29, 1.82) is 0 Å². The molecule has 0 bridgehead atoms. The van der Waals surface area contributed by atoms with Gasteiger partial charge >= 0.3 is 5.97 Å². The van der Waals surface area contributed by atoms with E-state index >= 15 is 0 Å². The summed E-state index contributed by atoms with van der Waals surface area (Å²) in [5, 5.41) is 17.7. The standard InChI is InChI=1S/C10H10F2O3/c1-5-2-8(12)6(3-7(5)11)9(13)4-10(14)15/h2-3,9,13H,4H2,1H3,(H,14,15)/t9-/m1/s1. The van der Waals surface area contributed by atoms with Crippen LogP contribution in [0.1, 0.15) is 23.7 Å². The molecule has 0 heterocycles.